The molecule has 25 heteroatoms. The molecule has 0 bridgehead atoms. The topological polar surface area (TPSA) is 366 Å². The zero-order valence-corrected chi connectivity index (χ0v) is 51.6. The van der Waals surface area contributed by atoms with Gasteiger partial charge in [0.2, 0.25) is 35.4 Å². The van der Waals surface area contributed by atoms with Gasteiger partial charge in [0, 0.05) is 50.3 Å². The van der Waals surface area contributed by atoms with Gasteiger partial charge in [-0.25, -0.2) is 0 Å². The van der Waals surface area contributed by atoms with E-state index in [0.717, 1.165) is 83.9 Å². The van der Waals surface area contributed by atoms with E-state index in [1.165, 1.54) is 43.3 Å². The molecule has 25 nitrogen and oxygen atoms in total. The molecule has 0 saturated carbocycles. The number of nitrogens with one attached hydrogen (secondary N) is 5. The van der Waals surface area contributed by atoms with Crippen LogP contribution in [0.15, 0.2) is 97.1 Å². The van der Waals surface area contributed by atoms with E-state index in [-0.39, 0.29) is 36.1 Å². The van der Waals surface area contributed by atoms with Gasteiger partial charge in [0.05, 0.1) is 51.7 Å². The molecule has 4 aromatic carbocycles. The van der Waals surface area contributed by atoms with Gasteiger partial charge in [-0.15, -0.1) is 0 Å². The third kappa shape index (κ3) is 16.3. The lowest BCUT2D eigenvalue weighted by Crippen LogP contribution is -2.64. The summed E-state index contributed by atoms with van der Waals surface area (Å²) in [5, 5.41) is 103. The summed E-state index contributed by atoms with van der Waals surface area (Å²) in [5.74, 6) is -8.17. The van der Waals surface area contributed by atoms with Gasteiger partial charge in [-0.3, -0.25) is 33.6 Å². The van der Waals surface area contributed by atoms with Crippen molar-refractivity contribution in [3.05, 3.63) is 108 Å². The molecule has 4 heterocycles. The summed E-state index contributed by atoms with van der Waals surface area (Å²) < 4.78 is 12.7. The Morgan fingerprint density at radius 1 is 0.678 bits per heavy atom. The molecule has 488 valence electrons. The van der Waals surface area contributed by atoms with Crippen LogP contribution in [0.1, 0.15) is 94.7 Å². The molecule has 0 spiro atoms. The number of hydrogen-bond acceptors (Lipinski definition) is 17. The highest BCUT2D eigenvalue weighted by Crippen LogP contribution is 2.31. The number of nitrogens with zero attached hydrogens (tertiary/aromatic N) is 3. The van der Waals surface area contributed by atoms with Crippen LogP contribution < -0.4 is 31.3 Å². The number of phenols is 1. The molecular weight excluding hydrogens is 1160 g/mol. The van der Waals surface area contributed by atoms with Crippen LogP contribution in [0, 0.1) is 5.92 Å². The molecule has 0 aliphatic carbocycles. The number of aliphatic hydroxyl groups excluding tert-OH is 7. The minimum absolute atomic E-state index is 0.0546. The van der Waals surface area contributed by atoms with Crippen LogP contribution in [0.4, 0.5) is 0 Å². The van der Waals surface area contributed by atoms with Gasteiger partial charge in [-0.05, 0) is 84.5 Å². The number of carbonyl (C=O) groups excluding carboxylic acids is 7. The van der Waals surface area contributed by atoms with Crippen LogP contribution in [0.5, 0.6) is 11.5 Å². The van der Waals surface area contributed by atoms with Gasteiger partial charge in [-0.1, -0.05) is 87.4 Å². The number of fused-ring (bicyclic) bond motifs is 2. The van der Waals surface area contributed by atoms with Crippen molar-refractivity contribution in [2.75, 3.05) is 46.9 Å². The van der Waals surface area contributed by atoms with E-state index in [0.29, 0.717) is 17.5 Å². The number of quaternary nitrogens is 1. The first-order valence-corrected chi connectivity index (χ1v) is 30.8. The van der Waals surface area contributed by atoms with E-state index < -0.39 is 152 Å². The highest BCUT2D eigenvalue weighted by atomic mass is 16.5. The number of carbonyl (C=O) groups is 7. The third-order valence-electron chi connectivity index (χ3n) is 17.7. The van der Waals surface area contributed by atoms with Crippen molar-refractivity contribution in [3.8, 4) is 33.8 Å². The number of likely N-dealkylation sites (N-methyl/N-ethyl adjacent to an activating group) is 1. The zero-order chi connectivity index (χ0) is 65.3. The van der Waals surface area contributed by atoms with Crippen molar-refractivity contribution in [1.82, 2.24) is 36.4 Å². The molecule has 1 unspecified atom stereocenters. The van der Waals surface area contributed by atoms with Crippen molar-refractivity contribution < 1.29 is 88.4 Å². The monoisotopic (exact) mass is 1250 g/mol. The summed E-state index contributed by atoms with van der Waals surface area (Å²) in [6.45, 7) is 6.40. The SMILES string of the molecule is CCCCCOc1ccc(-c2ccc(-c3ccc(C(=O)N[C@H]4C[C@@H](O)[C@@H](OCC5CCC[N+]5(C)C)NC(=O)[C@@H]5[C@@H](O)[C@@H](C)CN5C(=O)[C@H]([C@@H](C)O)NC(=O)[C@H]([C@H](O)[C@@H](O)c5ccc(O)cc5)NC(=O)[C@@H]5C[C@@H](O)CN5C(=O)[C@H]([C@@H](C)O)NC4=O)cc3)cc2)cc1. The van der Waals surface area contributed by atoms with Crippen molar-refractivity contribution >= 4 is 41.4 Å². The Labute approximate surface area is 522 Å². The fourth-order valence-electron chi connectivity index (χ4n) is 12.1. The smallest absolute Gasteiger partial charge is 0.251 e. The highest BCUT2D eigenvalue weighted by molar-refractivity contribution is 6.00. The van der Waals surface area contributed by atoms with Crippen molar-refractivity contribution in [2.24, 2.45) is 5.92 Å². The molecule has 0 aromatic heterocycles. The Hall–Kier alpha value is -7.59. The predicted molar refractivity (Wildman–Crippen MR) is 327 cm³/mol. The summed E-state index contributed by atoms with van der Waals surface area (Å²) in [5.41, 5.74) is 3.50. The largest absolute Gasteiger partial charge is 0.508 e. The zero-order valence-electron chi connectivity index (χ0n) is 51.6. The van der Waals surface area contributed by atoms with Gasteiger partial charge in [0.1, 0.15) is 78.7 Å². The molecular formula is C65H87N8O17+. The maximum Gasteiger partial charge on any atom is 0.251 e. The van der Waals surface area contributed by atoms with Crippen LogP contribution in [-0.2, 0) is 33.5 Å². The van der Waals surface area contributed by atoms with Crippen LogP contribution in [0.2, 0.25) is 0 Å². The Balaban J connectivity index is 1.13. The quantitative estimate of drug-likeness (QED) is 0.0501. The molecule has 16 atom stereocenters. The molecule has 4 fully saturated rings. The number of benzene rings is 4. The number of rotatable bonds is 17. The van der Waals surface area contributed by atoms with E-state index in [1.54, 1.807) is 12.1 Å². The number of phenolic OH excluding ortho intramolecular Hbond substituents is 1. The van der Waals surface area contributed by atoms with E-state index in [1.807, 2.05) is 62.6 Å². The summed E-state index contributed by atoms with van der Waals surface area (Å²) in [4.78, 5) is 105. The first-order valence-electron chi connectivity index (χ1n) is 30.8. The van der Waals surface area contributed by atoms with Gasteiger partial charge >= 0.3 is 0 Å². The van der Waals surface area contributed by atoms with Gasteiger partial charge in [0.25, 0.3) is 5.91 Å². The Morgan fingerprint density at radius 2 is 1.23 bits per heavy atom. The number of ether oxygens (including phenoxy) is 2. The second kappa shape index (κ2) is 30.0. The van der Waals surface area contributed by atoms with Crippen molar-refractivity contribution in [1.29, 1.82) is 0 Å². The second-order valence-corrected chi connectivity index (χ2v) is 24.9. The van der Waals surface area contributed by atoms with E-state index in [2.05, 4.69) is 33.5 Å². The summed E-state index contributed by atoms with van der Waals surface area (Å²) in [6, 6.07) is 15.2. The lowest BCUT2D eigenvalue weighted by Gasteiger charge is -2.35. The van der Waals surface area contributed by atoms with Gasteiger partial charge < -0.3 is 91.2 Å². The molecule has 13 N–H and O–H groups in total. The number of hydrogen-bond donors (Lipinski definition) is 13. The molecule has 90 heavy (non-hydrogen) atoms. The Bertz CT molecular complexity index is 3130. The standard InChI is InChI=1S/C65H86N8O17/c1-7-8-9-29-89-47-26-22-41(23-27-47)39-14-12-38(13-15-39)40-16-18-43(19-17-40)58(82)66-48-31-50(78)63(90-34-44-11-10-28-73(44,5)6)70-62(86)54-55(79)35(2)32-72(54)65(88)52(37(4)75)68-61(85)53(57(81)56(80)42-20-24-45(76)25-21-42)69-60(84)49-30-46(77)33-71(49)64(87)51(36(3)74)67-59(48)83/h12-27,35-37,44,46,48-57,63,74-75,77-81H,7-11,28-34H2,1-6H3,(H5-,66,67,68,69,70,76,82,83,84,85,86)/p+1/t35-,36+,37+,44?,46+,48-,49-,50+,51-,52-,53-,54-,55-,56-,57-,63+/m0/s1. The number of amides is 7. The van der Waals surface area contributed by atoms with E-state index >= 15 is 0 Å². The average Bonchev–Trinajstić information content (AvgIpc) is 1.73. The van der Waals surface area contributed by atoms with E-state index in [9.17, 15) is 74.4 Å². The maximum atomic E-state index is 14.9. The van der Waals surface area contributed by atoms with Crippen molar-refractivity contribution in [3.63, 3.8) is 0 Å². The molecule has 4 aliphatic heterocycles. The van der Waals surface area contributed by atoms with Crippen LogP contribution in [0.3, 0.4) is 0 Å². The third-order valence-corrected chi connectivity index (χ3v) is 17.7. The van der Waals surface area contributed by atoms with Gasteiger partial charge in [0.15, 0.2) is 6.23 Å². The summed E-state index contributed by atoms with van der Waals surface area (Å²) in [6.07, 6.45) is -11.1. The molecule has 0 radical (unpaired) electrons. The van der Waals surface area contributed by atoms with Gasteiger partial charge in [-0.2, -0.15) is 0 Å². The lowest BCUT2D eigenvalue weighted by atomic mass is 9.96. The van der Waals surface area contributed by atoms with E-state index in [4.69, 9.17) is 9.47 Å². The second-order valence-electron chi connectivity index (χ2n) is 24.9. The highest BCUT2D eigenvalue weighted by Gasteiger charge is 2.51. The summed E-state index contributed by atoms with van der Waals surface area (Å²) >= 11 is 0. The average molecular weight is 1250 g/mol. The first kappa shape index (κ1) is 68.3. The maximum absolute atomic E-state index is 14.9. The molecule has 4 aromatic rings. The molecule has 4 saturated heterocycles. The molecule has 8 rings (SSSR count). The van der Waals surface area contributed by atoms with Crippen LogP contribution in [-0.4, -0.2) is 229 Å². The normalized spacial score (nSPS) is 28.5. The fraction of sp³-hybridized carbons (Fsp3) is 0.523. The number of likely N-dealkylation sites (tertiary alicyclic amines) is 1. The first-order chi connectivity index (χ1) is 42.8. The number of aromatic hydroxyl groups is 1. The minimum atomic E-state index is -2.29. The minimum Gasteiger partial charge on any atom is -0.508 e. The molecule has 7 amide bonds. The van der Waals surface area contributed by atoms with Crippen LogP contribution in [0.25, 0.3) is 22.3 Å². The summed E-state index contributed by atoms with van der Waals surface area (Å²) in [7, 11) is 3.96. The number of aliphatic hydroxyl groups is 7. The number of unbranched alkanes of at least 4 members (excludes halogenated alkanes) is 2. The Morgan fingerprint density at radius 3 is 1.80 bits per heavy atom. The molecule has 4 aliphatic rings. The lowest BCUT2D eigenvalue weighted by molar-refractivity contribution is -0.902. The van der Waals surface area contributed by atoms with Crippen LogP contribution >= 0.6 is 0 Å². The fourth-order valence-corrected chi connectivity index (χ4v) is 12.1. The Kier molecular flexibility index (Phi) is 22.8. The van der Waals surface area contributed by atoms with Crippen molar-refractivity contribution in [2.45, 2.75) is 164 Å². The predicted octanol–water partition coefficient (Wildman–Crippen LogP) is 0.336.